The van der Waals surface area contributed by atoms with Gasteiger partial charge in [0.05, 0.1) is 9.83 Å². The van der Waals surface area contributed by atoms with Crippen molar-refractivity contribution in [1.82, 2.24) is 10.2 Å². The highest BCUT2D eigenvalue weighted by Gasteiger charge is 2.34. The predicted molar refractivity (Wildman–Crippen MR) is 119 cm³/mol. The molecule has 2 aromatic carbocycles. The third kappa shape index (κ3) is 5.10. The van der Waals surface area contributed by atoms with Gasteiger partial charge in [0.25, 0.3) is 22.7 Å². The number of anilines is 1. The van der Waals surface area contributed by atoms with Gasteiger partial charge in [0, 0.05) is 38.8 Å². The zero-order chi connectivity index (χ0) is 22.5. The molecule has 1 aliphatic rings. The molecule has 0 atom stereocenters. The van der Waals surface area contributed by atoms with Crippen LogP contribution in [0.25, 0.3) is 6.08 Å². The predicted octanol–water partition coefficient (Wildman–Crippen LogP) is 3.13. The molecule has 0 unspecified atom stereocenters. The standard InChI is InChI=1S/C21H20N4O5S/c1-23(2)16-9-8-15(13-17(16)25(29)30)19(26)22-10-11-24-20(27)18(31-21(24)28)12-14-6-4-3-5-7-14/h3-9,12-13H,10-11H2,1-2H3,(H,22,26)/b18-12-. The molecule has 10 heteroatoms. The van der Waals surface area contributed by atoms with E-state index in [1.54, 1.807) is 25.1 Å². The number of hydrogen-bond donors (Lipinski definition) is 1. The fraction of sp³-hybridized carbons (Fsp3) is 0.190. The highest BCUT2D eigenvalue weighted by atomic mass is 32.2. The van der Waals surface area contributed by atoms with Crippen LogP contribution in [0.2, 0.25) is 0 Å². The first-order valence-electron chi connectivity index (χ1n) is 9.32. The zero-order valence-electron chi connectivity index (χ0n) is 16.9. The number of amides is 3. The Morgan fingerprint density at radius 2 is 1.90 bits per heavy atom. The monoisotopic (exact) mass is 440 g/mol. The molecule has 1 saturated heterocycles. The number of nitrogens with one attached hydrogen (secondary N) is 1. The van der Waals surface area contributed by atoms with E-state index in [1.165, 1.54) is 18.2 Å². The van der Waals surface area contributed by atoms with Crippen molar-refractivity contribution in [3.05, 3.63) is 74.7 Å². The van der Waals surface area contributed by atoms with Crippen molar-refractivity contribution in [3.8, 4) is 0 Å². The van der Waals surface area contributed by atoms with Crippen molar-refractivity contribution in [1.29, 1.82) is 0 Å². The summed E-state index contributed by atoms with van der Waals surface area (Å²) in [5.74, 6) is -0.945. The second-order valence-electron chi connectivity index (χ2n) is 6.85. The fourth-order valence-corrected chi connectivity index (χ4v) is 3.83. The SMILES string of the molecule is CN(C)c1ccc(C(=O)NCCN2C(=O)S/C(=C\c3ccccc3)C2=O)cc1[N+](=O)[O-]. The molecule has 3 amide bonds. The van der Waals surface area contributed by atoms with Gasteiger partial charge >= 0.3 is 0 Å². The number of hydrogen-bond acceptors (Lipinski definition) is 7. The molecule has 3 rings (SSSR count). The summed E-state index contributed by atoms with van der Waals surface area (Å²) in [6.07, 6.45) is 1.65. The van der Waals surface area contributed by atoms with Crippen molar-refractivity contribution in [2.45, 2.75) is 0 Å². The van der Waals surface area contributed by atoms with Crippen LogP contribution < -0.4 is 10.2 Å². The molecule has 1 N–H and O–H groups in total. The Morgan fingerprint density at radius 1 is 1.19 bits per heavy atom. The van der Waals surface area contributed by atoms with E-state index in [0.29, 0.717) is 10.6 Å². The van der Waals surface area contributed by atoms with Gasteiger partial charge in [-0.2, -0.15) is 0 Å². The van der Waals surface area contributed by atoms with E-state index in [9.17, 15) is 24.5 Å². The molecule has 1 heterocycles. The minimum atomic E-state index is -0.550. The van der Waals surface area contributed by atoms with E-state index in [4.69, 9.17) is 0 Å². The summed E-state index contributed by atoms with van der Waals surface area (Å²) < 4.78 is 0. The number of nitro benzene ring substituents is 1. The van der Waals surface area contributed by atoms with Crippen molar-refractivity contribution in [3.63, 3.8) is 0 Å². The van der Waals surface area contributed by atoms with Crippen LogP contribution in [0.15, 0.2) is 53.4 Å². The fourth-order valence-electron chi connectivity index (χ4n) is 2.97. The third-order valence-electron chi connectivity index (χ3n) is 4.51. The molecule has 0 spiro atoms. The normalized spacial score (nSPS) is 14.8. The molecule has 1 aliphatic heterocycles. The van der Waals surface area contributed by atoms with E-state index < -0.39 is 22.0 Å². The van der Waals surface area contributed by atoms with Gasteiger partial charge in [0.2, 0.25) is 0 Å². The number of carbonyl (C=O) groups excluding carboxylic acids is 3. The molecule has 2 aromatic rings. The molecule has 31 heavy (non-hydrogen) atoms. The lowest BCUT2D eigenvalue weighted by Gasteiger charge is -2.14. The van der Waals surface area contributed by atoms with Gasteiger partial charge in [0.1, 0.15) is 5.69 Å². The highest BCUT2D eigenvalue weighted by molar-refractivity contribution is 8.18. The molecular formula is C21H20N4O5S. The minimum Gasteiger partial charge on any atom is -0.372 e. The molecule has 0 radical (unpaired) electrons. The second-order valence-corrected chi connectivity index (χ2v) is 7.85. The Kier molecular flexibility index (Phi) is 6.71. The van der Waals surface area contributed by atoms with E-state index in [0.717, 1.165) is 22.2 Å². The summed E-state index contributed by atoms with van der Waals surface area (Å²) in [4.78, 5) is 50.8. The van der Waals surface area contributed by atoms with E-state index in [-0.39, 0.29) is 24.3 Å². The van der Waals surface area contributed by atoms with Gasteiger partial charge in [-0.1, -0.05) is 30.3 Å². The van der Waals surface area contributed by atoms with Crippen LogP contribution in [0.3, 0.4) is 0 Å². The largest absolute Gasteiger partial charge is 0.372 e. The number of carbonyl (C=O) groups is 3. The van der Waals surface area contributed by atoms with E-state index in [2.05, 4.69) is 5.32 Å². The van der Waals surface area contributed by atoms with Crippen molar-refractivity contribution < 1.29 is 19.3 Å². The first-order valence-corrected chi connectivity index (χ1v) is 10.1. The van der Waals surface area contributed by atoms with Crippen LogP contribution in [0.1, 0.15) is 15.9 Å². The average molecular weight is 440 g/mol. The number of rotatable bonds is 7. The Bertz CT molecular complexity index is 1070. The summed E-state index contributed by atoms with van der Waals surface area (Å²) in [7, 11) is 3.34. The average Bonchev–Trinajstić information content (AvgIpc) is 3.01. The summed E-state index contributed by atoms with van der Waals surface area (Å²) in [6, 6.07) is 13.4. The third-order valence-corrected chi connectivity index (χ3v) is 5.42. The number of thioether (sulfide) groups is 1. The van der Waals surface area contributed by atoms with Gasteiger partial charge < -0.3 is 10.2 Å². The molecule has 0 saturated carbocycles. The summed E-state index contributed by atoms with van der Waals surface area (Å²) >= 11 is 0.848. The van der Waals surface area contributed by atoms with Gasteiger partial charge in [0.15, 0.2) is 0 Å². The summed E-state index contributed by atoms with van der Waals surface area (Å²) in [5, 5.41) is 13.5. The van der Waals surface area contributed by atoms with Crippen LogP contribution in [-0.4, -0.2) is 54.1 Å². The van der Waals surface area contributed by atoms with Gasteiger partial charge in [-0.15, -0.1) is 0 Å². The number of nitrogens with zero attached hydrogens (tertiary/aromatic N) is 3. The molecular weight excluding hydrogens is 420 g/mol. The Balaban J connectivity index is 1.62. The lowest BCUT2D eigenvalue weighted by molar-refractivity contribution is -0.384. The van der Waals surface area contributed by atoms with Crippen LogP contribution in [0.5, 0.6) is 0 Å². The maximum absolute atomic E-state index is 12.5. The van der Waals surface area contributed by atoms with Gasteiger partial charge in [-0.05, 0) is 35.5 Å². The van der Waals surface area contributed by atoms with Crippen LogP contribution in [-0.2, 0) is 4.79 Å². The lowest BCUT2D eigenvalue weighted by atomic mass is 10.1. The molecule has 1 fully saturated rings. The molecule has 0 bridgehead atoms. The molecule has 9 nitrogen and oxygen atoms in total. The maximum atomic E-state index is 12.5. The van der Waals surface area contributed by atoms with E-state index in [1.807, 2.05) is 30.3 Å². The Hall–Kier alpha value is -3.66. The second kappa shape index (κ2) is 9.43. The quantitative estimate of drug-likeness (QED) is 0.400. The van der Waals surface area contributed by atoms with Crippen LogP contribution >= 0.6 is 11.8 Å². The molecule has 0 aliphatic carbocycles. The summed E-state index contributed by atoms with van der Waals surface area (Å²) in [6.45, 7) is 0.0269. The first kappa shape index (κ1) is 22.0. The van der Waals surface area contributed by atoms with Crippen LogP contribution in [0.4, 0.5) is 16.2 Å². The van der Waals surface area contributed by atoms with Crippen molar-refractivity contribution in [2.75, 3.05) is 32.1 Å². The number of benzene rings is 2. The highest BCUT2D eigenvalue weighted by Crippen LogP contribution is 2.32. The first-order chi connectivity index (χ1) is 14.8. The maximum Gasteiger partial charge on any atom is 0.293 e. The number of nitro groups is 1. The van der Waals surface area contributed by atoms with Crippen LogP contribution in [0, 0.1) is 10.1 Å². The topological polar surface area (TPSA) is 113 Å². The van der Waals surface area contributed by atoms with E-state index >= 15 is 0 Å². The molecule has 160 valence electrons. The Labute approximate surface area is 182 Å². The molecule has 0 aromatic heterocycles. The van der Waals surface area contributed by atoms with Crippen molar-refractivity contribution in [2.24, 2.45) is 0 Å². The smallest absolute Gasteiger partial charge is 0.293 e. The Morgan fingerprint density at radius 3 is 2.55 bits per heavy atom. The van der Waals surface area contributed by atoms with Crippen molar-refractivity contribution >= 4 is 46.3 Å². The van der Waals surface area contributed by atoms with Gasteiger partial charge in [-0.3, -0.25) is 29.4 Å². The zero-order valence-corrected chi connectivity index (χ0v) is 17.7. The number of imide groups is 1. The summed E-state index contributed by atoms with van der Waals surface area (Å²) in [5.41, 5.74) is 1.12. The lowest BCUT2D eigenvalue weighted by Crippen LogP contribution is -2.37. The van der Waals surface area contributed by atoms with Gasteiger partial charge in [-0.25, -0.2) is 0 Å². The minimum absolute atomic E-state index is 0.000408.